The minimum Gasteiger partial charge on any atom is -0.465 e. The number of ether oxygens (including phenoxy) is 1. The predicted molar refractivity (Wildman–Crippen MR) is 98.2 cm³/mol. The number of aromatic amines is 1. The Kier molecular flexibility index (Phi) is 5.18. The quantitative estimate of drug-likeness (QED) is 0.819. The molecule has 0 radical (unpaired) electrons. The Morgan fingerprint density at radius 3 is 2.84 bits per heavy atom. The lowest BCUT2D eigenvalue weighted by Gasteiger charge is -2.25. The Balaban J connectivity index is 1.88. The summed E-state index contributed by atoms with van der Waals surface area (Å²) >= 11 is 1.82. The number of aryl methyl sites for hydroxylation is 1. The van der Waals surface area contributed by atoms with E-state index in [-0.39, 0.29) is 11.9 Å². The molecule has 0 saturated heterocycles. The van der Waals surface area contributed by atoms with Crippen molar-refractivity contribution in [3.8, 4) is 0 Å². The molecule has 2 heterocycles. The normalized spacial score (nSPS) is 16.2. The van der Waals surface area contributed by atoms with Crippen LogP contribution < -0.4 is 5.32 Å². The zero-order valence-electron chi connectivity index (χ0n) is 14.6. The van der Waals surface area contributed by atoms with Gasteiger partial charge in [-0.25, -0.2) is 4.79 Å². The molecule has 0 fully saturated rings. The predicted octanol–water partition coefficient (Wildman–Crippen LogP) is 3.64. The first-order valence-corrected chi connectivity index (χ1v) is 9.37. The Morgan fingerprint density at radius 1 is 1.36 bits per heavy atom. The fraction of sp³-hybridized carbons (Fsp3) is 0.368. The fourth-order valence-corrected chi connectivity index (χ4v) is 4.38. The molecule has 1 amide bonds. The summed E-state index contributed by atoms with van der Waals surface area (Å²) in [6.45, 7) is 3.72. The Morgan fingerprint density at radius 2 is 2.12 bits per heavy atom. The third-order valence-corrected chi connectivity index (χ3v) is 5.68. The van der Waals surface area contributed by atoms with Crippen LogP contribution in [0.1, 0.15) is 57.1 Å². The third-order valence-electron chi connectivity index (χ3n) is 4.56. The molecule has 6 heteroatoms. The van der Waals surface area contributed by atoms with Gasteiger partial charge in [-0.05, 0) is 37.0 Å². The molecule has 25 heavy (non-hydrogen) atoms. The molecule has 0 saturated carbocycles. The second-order valence-electron chi connectivity index (χ2n) is 6.02. The number of amides is 1. The number of hydrogen-bond acceptors (Lipinski definition) is 4. The molecule has 0 spiro atoms. The number of nitrogens with one attached hydrogen (secondary N) is 2. The van der Waals surface area contributed by atoms with E-state index >= 15 is 0 Å². The van der Waals surface area contributed by atoms with E-state index in [1.54, 1.807) is 6.92 Å². The van der Waals surface area contributed by atoms with Gasteiger partial charge in [0.05, 0.1) is 18.7 Å². The molecule has 1 aromatic heterocycles. The summed E-state index contributed by atoms with van der Waals surface area (Å²) in [7, 11) is 1.35. The molecule has 0 aliphatic carbocycles. The number of carbonyl (C=O) groups excluding carboxylic acids is 2. The van der Waals surface area contributed by atoms with Crippen molar-refractivity contribution in [3.05, 3.63) is 52.3 Å². The third kappa shape index (κ3) is 3.31. The number of aromatic nitrogens is 1. The van der Waals surface area contributed by atoms with Crippen LogP contribution in [0.2, 0.25) is 0 Å². The maximum atomic E-state index is 12.8. The van der Waals surface area contributed by atoms with Gasteiger partial charge in [0.25, 0.3) is 5.91 Å². The van der Waals surface area contributed by atoms with Crippen LogP contribution in [0.4, 0.5) is 0 Å². The standard InChI is InChI=1S/C19H22N2O3S/c1-4-13-16(19(23)24-3)11(2)17(20-13)18(22)21-14-9-10-25-15-8-6-5-7-12(14)15/h5-8,14,20H,4,9-10H2,1-3H3,(H,21,22). The van der Waals surface area contributed by atoms with Gasteiger partial charge >= 0.3 is 5.97 Å². The number of carbonyl (C=O) groups is 2. The SMILES string of the molecule is CCc1[nH]c(C(=O)NC2CCSc3ccccc32)c(C)c1C(=O)OC. The van der Waals surface area contributed by atoms with Gasteiger partial charge < -0.3 is 15.0 Å². The molecular formula is C19H22N2O3S. The van der Waals surface area contributed by atoms with E-state index in [0.29, 0.717) is 23.2 Å². The number of H-pyrrole nitrogens is 1. The van der Waals surface area contributed by atoms with Crippen LogP contribution >= 0.6 is 11.8 Å². The van der Waals surface area contributed by atoms with Gasteiger partial charge in [-0.1, -0.05) is 25.1 Å². The Hall–Kier alpha value is -2.21. The number of methoxy groups -OCH3 is 1. The average Bonchev–Trinajstić information content (AvgIpc) is 2.98. The molecule has 132 valence electrons. The van der Waals surface area contributed by atoms with Gasteiger partial charge in [-0.3, -0.25) is 4.79 Å². The molecule has 1 aromatic carbocycles. The summed E-state index contributed by atoms with van der Waals surface area (Å²) in [5.74, 6) is 0.373. The molecule has 5 nitrogen and oxygen atoms in total. The van der Waals surface area contributed by atoms with Crippen molar-refractivity contribution >= 4 is 23.6 Å². The van der Waals surface area contributed by atoms with Crippen LogP contribution in [0.25, 0.3) is 0 Å². The first kappa shape index (κ1) is 17.6. The first-order chi connectivity index (χ1) is 12.1. The van der Waals surface area contributed by atoms with Crippen LogP contribution in [-0.4, -0.2) is 29.7 Å². The van der Waals surface area contributed by atoms with Crippen molar-refractivity contribution in [1.82, 2.24) is 10.3 Å². The molecule has 1 atom stereocenters. The van der Waals surface area contributed by atoms with Crippen LogP contribution in [0.3, 0.4) is 0 Å². The highest BCUT2D eigenvalue weighted by molar-refractivity contribution is 7.99. The molecule has 3 rings (SSSR count). The topological polar surface area (TPSA) is 71.2 Å². The summed E-state index contributed by atoms with van der Waals surface area (Å²) in [5, 5.41) is 3.12. The van der Waals surface area contributed by atoms with Crippen LogP contribution in [0.15, 0.2) is 29.2 Å². The maximum absolute atomic E-state index is 12.8. The van der Waals surface area contributed by atoms with Gasteiger partial charge in [0, 0.05) is 16.3 Å². The smallest absolute Gasteiger partial charge is 0.339 e. The summed E-state index contributed by atoms with van der Waals surface area (Å²) in [4.78, 5) is 29.2. The van der Waals surface area contributed by atoms with Crippen molar-refractivity contribution in [2.24, 2.45) is 0 Å². The van der Waals surface area contributed by atoms with Crippen LogP contribution in [-0.2, 0) is 11.2 Å². The molecule has 1 aliphatic heterocycles. The summed E-state index contributed by atoms with van der Waals surface area (Å²) in [6.07, 6.45) is 1.51. The minimum absolute atomic E-state index is 0.0145. The average molecular weight is 358 g/mol. The highest BCUT2D eigenvalue weighted by Gasteiger charge is 2.27. The van der Waals surface area contributed by atoms with Gasteiger partial charge in [0.15, 0.2) is 0 Å². The van der Waals surface area contributed by atoms with Crippen LogP contribution in [0.5, 0.6) is 0 Å². The second kappa shape index (κ2) is 7.35. The molecule has 1 unspecified atom stereocenters. The van der Waals surface area contributed by atoms with Crippen molar-refractivity contribution < 1.29 is 14.3 Å². The van der Waals surface area contributed by atoms with Crippen LogP contribution in [0, 0.1) is 6.92 Å². The Bertz CT molecular complexity index is 813. The summed E-state index contributed by atoms with van der Waals surface area (Å²) in [5.41, 5.74) is 3.43. The Labute approximate surface area is 151 Å². The lowest BCUT2D eigenvalue weighted by atomic mass is 10.0. The highest BCUT2D eigenvalue weighted by atomic mass is 32.2. The molecular weight excluding hydrogens is 336 g/mol. The lowest BCUT2D eigenvalue weighted by molar-refractivity contribution is 0.0599. The fourth-order valence-electron chi connectivity index (χ4n) is 3.25. The van der Waals surface area contributed by atoms with E-state index in [9.17, 15) is 9.59 Å². The monoisotopic (exact) mass is 358 g/mol. The second-order valence-corrected chi connectivity index (χ2v) is 7.16. The maximum Gasteiger partial charge on any atom is 0.339 e. The number of benzene rings is 1. The van der Waals surface area contributed by atoms with E-state index in [0.717, 1.165) is 23.4 Å². The number of thioether (sulfide) groups is 1. The number of rotatable bonds is 4. The van der Waals surface area contributed by atoms with Crippen molar-refractivity contribution in [1.29, 1.82) is 0 Å². The number of hydrogen-bond donors (Lipinski definition) is 2. The highest BCUT2D eigenvalue weighted by Crippen LogP contribution is 2.36. The van der Waals surface area contributed by atoms with E-state index in [1.807, 2.05) is 30.8 Å². The lowest BCUT2D eigenvalue weighted by Crippen LogP contribution is -2.31. The van der Waals surface area contributed by atoms with Gasteiger partial charge in [0.1, 0.15) is 5.69 Å². The van der Waals surface area contributed by atoms with E-state index in [4.69, 9.17) is 4.74 Å². The molecule has 0 bridgehead atoms. The van der Waals surface area contributed by atoms with E-state index in [2.05, 4.69) is 22.4 Å². The van der Waals surface area contributed by atoms with E-state index < -0.39 is 5.97 Å². The molecule has 1 aliphatic rings. The van der Waals surface area contributed by atoms with Gasteiger partial charge in [-0.15, -0.1) is 11.8 Å². The van der Waals surface area contributed by atoms with Gasteiger partial charge in [-0.2, -0.15) is 0 Å². The zero-order chi connectivity index (χ0) is 18.0. The van der Waals surface area contributed by atoms with Crippen molar-refractivity contribution in [2.75, 3.05) is 12.9 Å². The molecule has 2 aromatic rings. The number of esters is 1. The zero-order valence-corrected chi connectivity index (χ0v) is 15.5. The van der Waals surface area contributed by atoms with Crippen molar-refractivity contribution in [3.63, 3.8) is 0 Å². The number of fused-ring (bicyclic) bond motifs is 1. The van der Waals surface area contributed by atoms with E-state index in [1.165, 1.54) is 12.0 Å². The van der Waals surface area contributed by atoms with Crippen molar-refractivity contribution in [2.45, 2.75) is 37.6 Å². The minimum atomic E-state index is -0.413. The first-order valence-electron chi connectivity index (χ1n) is 8.39. The summed E-state index contributed by atoms with van der Waals surface area (Å²) < 4.78 is 4.86. The summed E-state index contributed by atoms with van der Waals surface area (Å²) in [6, 6.07) is 8.14. The largest absolute Gasteiger partial charge is 0.465 e. The molecule has 2 N–H and O–H groups in total. The van der Waals surface area contributed by atoms with Gasteiger partial charge in [0.2, 0.25) is 0 Å².